The Kier molecular flexibility index (Phi) is 9.17. The summed E-state index contributed by atoms with van der Waals surface area (Å²) in [6.07, 6.45) is 5.11. The molecule has 0 aliphatic heterocycles. The maximum atomic E-state index is 13.4. The van der Waals surface area contributed by atoms with Gasteiger partial charge < -0.3 is 14.8 Å². The third kappa shape index (κ3) is 7.25. The summed E-state index contributed by atoms with van der Waals surface area (Å²) in [7, 11) is 0. The fourth-order valence-corrected chi connectivity index (χ4v) is 5.86. The van der Waals surface area contributed by atoms with Gasteiger partial charge in [-0.05, 0) is 109 Å². The predicted octanol–water partition coefficient (Wildman–Crippen LogP) is 6.99. The summed E-state index contributed by atoms with van der Waals surface area (Å²) in [5, 5.41) is 3.21. The van der Waals surface area contributed by atoms with Crippen molar-refractivity contribution < 1.29 is 23.9 Å². The first kappa shape index (κ1) is 30.3. The van der Waals surface area contributed by atoms with Crippen molar-refractivity contribution >= 4 is 17.7 Å². The van der Waals surface area contributed by atoms with Crippen LogP contribution in [-0.2, 0) is 9.59 Å². The van der Waals surface area contributed by atoms with Crippen molar-refractivity contribution in [3.8, 4) is 11.5 Å². The summed E-state index contributed by atoms with van der Waals surface area (Å²) < 4.78 is 11.8. The first-order valence-corrected chi connectivity index (χ1v) is 14.4. The normalized spacial score (nSPS) is 27.7. The maximum absolute atomic E-state index is 13.4. The predicted molar refractivity (Wildman–Crippen MR) is 150 cm³/mol. The molecule has 0 spiro atoms. The van der Waals surface area contributed by atoms with Crippen molar-refractivity contribution in [1.29, 1.82) is 0 Å². The molecule has 4 atom stereocenters. The van der Waals surface area contributed by atoms with E-state index in [-0.39, 0.29) is 35.6 Å². The van der Waals surface area contributed by atoms with Gasteiger partial charge in [-0.3, -0.25) is 14.4 Å². The topological polar surface area (TPSA) is 81.7 Å². The lowest BCUT2D eigenvalue weighted by molar-refractivity contribution is -0.145. The lowest BCUT2D eigenvalue weighted by atomic mass is 9.85. The number of ketones is 1. The molecule has 1 aromatic carbocycles. The number of esters is 2. The third-order valence-corrected chi connectivity index (χ3v) is 8.88. The molecule has 2 saturated carbocycles. The number of carbonyl (C=O) groups is 3. The van der Waals surface area contributed by atoms with E-state index in [9.17, 15) is 14.4 Å². The quantitative estimate of drug-likeness (QED) is 0.212. The highest BCUT2D eigenvalue weighted by atomic mass is 16.5. The molecular weight excluding hydrogens is 478 g/mol. The first-order valence-electron chi connectivity index (χ1n) is 14.4. The molecule has 38 heavy (non-hydrogen) atoms. The van der Waals surface area contributed by atoms with Crippen molar-refractivity contribution in [2.45, 2.75) is 106 Å². The van der Waals surface area contributed by atoms with Crippen LogP contribution >= 0.6 is 0 Å². The minimum atomic E-state index is -0.602. The number of hydrogen-bond donors (Lipinski definition) is 1. The Hall–Kier alpha value is -2.21. The van der Waals surface area contributed by atoms with Crippen LogP contribution in [0.25, 0.3) is 0 Å². The maximum Gasteiger partial charge on any atom is 0.317 e. The van der Waals surface area contributed by atoms with Gasteiger partial charge in [0, 0.05) is 11.6 Å². The van der Waals surface area contributed by atoms with Crippen LogP contribution in [0.15, 0.2) is 18.2 Å². The number of carbonyl (C=O) groups excluding carboxylic acids is 3. The highest BCUT2D eigenvalue weighted by Crippen LogP contribution is 2.47. The van der Waals surface area contributed by atoms with Gasteiger partial charge in [-0.15, -0.1) is 0 Å². The average Bonchev–Trinajstić information content (AvgIpc) is 3.42. The van der Waals surface area contributed by atoms with Gasteiger partial charge in [0.1, 0.15) is 11.5 Å². The number of nitrogens with one attached hydrogen (secondary N) is 1. The average molecular weight is 528 g/mol. The molecule has 0 saturated heterocycles. The summed E-state index contributed by atoms with van der Waals surface area (Å²) >= 11 is 0. The van der Waals surface area contributed by atoms with Crippen molar-refractivity contribution in [3.63, 3.8) is 0 Å². The number of ether oxygens (including phenoxy) is 2. The molecule has 2 fully saturated rings. The monoisotopic (exact) mass is 527 g/mol. The summed E-state index contributed by atoms with van der Waals surface area (Å²) in [4.78, 5) is 39.8. The van der Waals surface area contributed by atoms with Gasteiger partial charge in [0.2, 0.25) is 0 Å². The van der Waals surface area contributed by atoms with Crippen LogP contribution < -0.4 is 14.8 Å². The van der Waals surface area contributed by atoms with Gasteiger partial charge >= 0.3 is 11.9 Å². The number of benzene rings is 1. The lowest BCUT2D eigenvalue weighted by Gasteiger charge is -2.25. The highest BCUT2D eigenvalue weighted by molar-refractivity contribution is 6.01. The van der Waals surface area contributed by atoms with Gasteiger partial charge in [0.25, 0.3) is 0 Å². The number of hydrogen-bond acceptors (Lipinski definition) is 6. The van der Waals surface area contributed by atoms with Gasteiger partial charge in [-0.25, -0.2) is 0 Å². The second-order valence-corrected chi connectivity index (χ2v) is 14.1. The summed E-state index contributed by atoms with van der Waals surface area (Å²) in [5.41, 5.74) is -1.08. The molecule has 0 aromatic heterocycles. The van der Waals surface area contributed by atoms with Crippen LogP contribution in [0, 0.1) is 34.5 Å². The Bertz CT molecular complexity index is 1040. The molecule has 2 aliphatic carbocycles. The second-order valence-electron chi connectivity index (χ2n) is 14.1. The van der Waals surface area contributed by atoms with E-state index >= 15 is 0 Å². The Morgan fingerprint density at radius 2 is 1.39 bits per heavy atom. The van der Waals surface area contributed by atoms with E-state index < -0.39 is 10.8 Å². The summed E-state index contributed by atoms with van der Waals surface area (Å²) in [6.45, 7) is 18.8. The Balaban J connectivity index is 1.84. The largest absolute Gasteiger partial charge is 0.426 e. The van der Waals surface area contributed by atoms with E-state index in [0.717, 1.165) is 38.5 Å². The molecule has 6 heteroatoms. The van der Waals surface area contributed by atoms with Crippen LogP contribution in [0.5, 0.6) is 11.5 Å². The molecule has 3 rings (SSSR count). The standard InChI is InChI=1S/C32H49NO5/c1-20(2)22-12-14-31(8,17-22)28(35)37-24-10-11-25(26(34)19-33-30(5,6)7)27(16-24)38-29(36)32(9)15-13-23(18-32)21(3)4/h10-11,16,20-23,33H,12-15,17-19H2,1-9H3. The van der Waals surface area contributed by atoms with Crippen molar-refractivity contribution in [2.75, 3.05) is 6.54 Å². The Morgan fingerprint density at radius 1 is 0.895 bits per heavy atom. The number of rotatable bonds is 9. The molecule has 212 valence electrons. The zero-order valence-corrected chi connectivity index (χ0v) is 25.0. The fourth-order valence-electron chi connectivity index (χ4n) is 5.86. The number of Topliss-reactive ketones (excluding diaryl/α,β-unsaturated/α-hetero) is 1. The van der Waals surface area contributed by atoms with Gasteiger partial charge in [0.05, 0.1) is 22.9 Å². The summed E-state index contributed by atoms with van der Waals surface area (Å²) in [6, 6.07) is 4.78. The minimum absolute atomic E-state index is 0.106. The molecule has 6 nitrogen and oxygen atoms in total. The molecule has 1 aromatic rings. The van der Waals surface area contributed by atoms with E-state index in [1.165, 1.54) is 6.07 Å². The molecular formula is C32H49NO5. The van der Waals surface area contributed by atoms with Crippen LogP contribution in [0.3, 0.4) is 0 Å². The molecule has 2 aliphatic rings. The van der Waals surface area contributed by atoms with E-state index in [0.29, 0.717) is 35.0 Å². The van der Waals surface area contributed by atoms with Crippen LogP contribution in [0.4, 0.5) is 0 Å². The van der Waals surface area contributed by atoms with Gasteiger partial charge in [-0.1, -0.05) is 27.7 Å². The van der Waals surface area contributed by atoms with Crippen LogP contribution in [0.2, 0.25) is 0 Å². The second kappa shape index (κ2) is 11.5. The van der Waals surface area contributed by atoms with E-state index in [2.05, 4.69) is 33.0 Å². The van der Waals surface area contributed by atoms with Gasteiger partial charge in [-0.2, -0.15) is 0 Å². The van der Waals surface area contributed by atoms with Crippen molar-refractivity contribution in [3.05, 3.63) is 23.8 Å². The third-order valence-electron chi connectivity index (χ3n) is 8.88. The van der Waals surface area contributed by atoms with E-state index in [4.69, 9.17) is 9.47 Å². The highest BCUT2D eigenvalue weighted by Gasteiger charge is 2.45. The van der Waals surface area contributed by atoms with Crippen molar-refractivity contribution in [2.24, 2.45) is 34.5 Å². The molecule has 0 bridgehead atoms. The smallest absolute Gasteiger partial charge is 0.317 e. The lowest BCUT2D eigenvalue weighted by Crippen LogP contribution is -2.39. The SMILES string of the molecule is CC(C)C1CCC(C)(C(=O)Oc2ccc(C(=O)CNC(C)(C)C)c(OC(=O)C3(C)CCC(C(C)C)C3)c2)C1. The Labute approximate surface area is 229 Å². The molecule has 4 unspecified atom stereocenters. The van der Waals surface area contributed by atoms with Crippen LogP contribution in [-0.4, -0.2) is 29.8 Å². The van der Waals surface area contributed by atoms with E-state index in [1.807, 2.05) is 34.6 Å². The van der Waals surface area contributed by atoms with Gasteiger partial charge in [0.15, 0.2) is 5.78 Å². The zero-order chi connectivity index (χ0) is 28.5. The van der Waals surface area contributed by atoms with Crippen LogP contribution in [0.1, 0.15) is 111 Å². The van der Waals surface area contributed by atoms with E-state index in [1.54, 1.807) is 12.1 Å². The minimum Gasteiger partial charge on any atom is -0.426 e. The molecule has 0 radical (unpaired) electrons. The fraction of sp³-hybridized carbons (Fsp3) is 0.719. The zero-order valence-electron chi connectivity index (χ0n) is 25.0. The molecule has 0 heterocycles. The molecule has 0 amide bonds. The van der Waals surface area contributed by atoms with Crippen molar-refractivity contribution in [1.82, 2.24) is 5.32 Å². The molecule has 1 N–H and O–H groups in total. The first-order chi connectivity index (χ1) is 17.5. The Morgan fingerprint density at radius 3 is 1.84 bits per heavy atom. The summed E-state index contributed by atoms with van der Waals surface area (Å²) in [5.74, 6) is 1.67.